The summed E-state index contributed by atoms with van der Waals surface area (Å²) < 4.78 is 0. The third-order valence-corrected chi connectivity index (χ3v) is 4.99. The molecule has 0 aromatic carbocycles. The summed E-state index contributed by atoms with van der Waals surface area (Å²) in [5, 5.41) is 29.4. The van der Waals surface area contributed by atoms with Crippen molar-refractivity contribution in [3.63, 3.8) is 0 Å². The zero-order chi connectivity index (χ0) is 17.2. The summed E-state index contributed by atoms with van der Waals surface area (Å²) >= 11 is 6.38. The van der Waals surface area contributed by atoms with Crippen LogP contribution in [-0.2, 0) is 32.7 Å². The van der Waals surface area contributed by atoms with Crippen LogP contribution < -0.4 is 0 Å². The summed E-state index contributed by atoms with van der Waals surface area (Å²) in [4.78, 5) is 0. The van der Waals surface area contributed by atoms with Crippen molar-refractivity contribution in [2.45, 2.75) is 75.6 Å². The van der Waals surface area contributed by atoms with Crippen LogP contribution in [0.1, 0.15) is 51.9 Å². The zero-order valence-electron chi connectivity index (χ0n) is 14.7. The monoisotopic (exact) mass is 432 g/mol. The molecule has 5 heteroatoms. The minimum Gasteiger partial charge on any atom is -0.393 e. The van der Waals surface area contributed by atoms with Gasteiger partial charge < -0.3 is 22.2 Å². The summed E-state index contributed by atoms with van der Waals surface area (Å²) in [6, 6.07) is 0. The fourth-order valence-corrected chi connectivity index (χ4v) is 3.58. The molecule has 137 valence electrons. The van der Waals surface area contributed by atoms with Crippen LogP contribution in [0, 0.1) is 18.8 Å². The number of aliphatic hydroxyl groups is 3. The van der Waals surface area contributed by atoms with Crippen LogP contribution in [0.4, 0.5) is 0 Å². The predicted octanol–water partition coefficient (Wildman–Crippen LogP) is 3.62. The summed E-state index contributed by atoms with van der Waals surface area (Å²) in [5.74, 6) is 0.196. The second kappa shape index (κ2) is 13.9. The van der Waals surface area contributed by atoms with Gasteiger partial charge in [0.1, 0.15) is 0 Å². The number of hydrogen-bond donors (Lipinski definition) is 3. The number of allylic oxidation sites excluding steroid dienone is 2. The molecule has 0 bridgehead atoms. The molecule has 3 N–H and O–H groups in total. The summed E-state index contributed by atoms with van der Waals surface area (Å²) in [5.41, 5.74) is 0. The third kappa shape index (κ3) is 9.45. The largest absolute Gasteiger partial charge is 0.393 e. The number of aliphatic hydroxyl groups excluding tert-OH is 3. The van der Waals surface area contributed by atoms with E-state index >= 15 is 0 Å². The van der Waals surface area contributed by atoms with Gasteiger partial charge in [-0.1, -0.05) is 30.7 Å². The third-order valence-electron chi connectivity index (χ3n) is 4.49. The Balaban J connectivity index is 0.00000529. The van der Waals surface area contributed by atoms with Crippen molar-refractivity contribution >= 4 is 11.6 Å². The fraction of sp³-hybridized carbons (Fsp3) is 0.737. The smallest absolute Gasteiger partial charge is 0.0721 e. The molecule has 3 nitrogen and oxygen atoms in total. The van der Waals surface area contributed by atoms with Crippen molar-refractivity contribution in [2.24, 2.45) is 11.8 Å². The van der Waals surface area contributed by atoms with Crippen molar-refractivity contribution in [1.29, 1.82) is 0 Å². The van der Waals surface area contributed by atoms with Gasteiger partial charge in [-0.25, -0.2) is 0 Å². The van der Waals surface area contributed by atoms with Crippen molar-refractivity contribution in [3.05, 3.63) is 31.2 Å². The van der Waals surface area contributed by atoms with Gasteiger partial charge in [0.05, 0.1) is 18.3 Å². The van der Waals surface area contributed by atoms with Gasteiger partial charge in [-0.2, -0.15) is 6.42 Å². The average molecular weight is 433 g/mol. The van der Waals surface area contributed by atoms with Crippen LogP contribution in [0.3, 0.4) is 0 Å². The molecule has 0 spiro atoms. The summed E-state index contributed by atoms with van der Waals surface area (Å²) in [6.45, 7) is 5.56. The maximum Gasteiger partial charge on any atom is 0.0721 e. The molecule has 0 aliphatic heterocycles. The molecule has 0 saturated heterocycles. The van der Waals surface area contributed by atoms with E-state index in [4.69, 9.17) is 11.6 Å². The van der Waals surface area contributed by atoms with Crippen molar-refractivity contribution in [2.75, 3.05) is 0 Å². The van der Waals surface area contributed by atoms with Gasteiger partial charge in [0.2, 0.25) is 0 Å². The fourth-order valence-electron chi connectivity index (χ4n) is 3.13. The maximum atomic E-state index is 10.2. The molecule has 1 fully saturated rings. The van der Waals surface area contributed by atoms with E-state index in [9.17, 15) is 15.3 Å². The van der Waals surface area contributed by atoms with Gasteiger partial charge in [0.25, 0.3) is 0 Å². The Kier molecular flexibility index (Phi) is 14.3. The standard InChI is InChI=1S/C19H32ClO3.Y/c1-3-4-5-6-10-16-17(19(23)13-18(16)20)12-11-15(22)9-7-8-14(2)21;/h5-6,11-12,14-19,21-23H,1,3-4,7-10,13H2,2H3;/q-1;. The Labute approximate surface area is 177 Å². The average Bonchev–Trinajstić information content (AvgIpc) is 2.75. The topological polar surface area (TPSA) is 60.7 Å². The van der Waals surface area contributed by atoms with E-state index in [0.717, 1.165) is 25.7 Å². The minimum atomic E-state index is -0.530. The molecule has 0 amide bonds. The molecular formula is C19H32ClO3Y-. The molecule has 1 radical (unpaired) electrons. The quantitative estimate of drug-likeness (QED) is 0.281. The van der Waals surface area contributed by atoms with Gasteiger partial charge in [0, 0.05) is 44.0 Å². The first-order valence-corrected chi connectivity index (χ1v) is 9.20. The van der Waals surface area contributed by atoms with Gasteiger partial charge >= 0.3 is 0 Å². The maximum absolute atomic E-state index is 10.2. The second-order valence-electron chi connectivity index (χ2n) is 6.64. The Morgan fingerprint density at radius 3 is 2.58 bits per heavy atom. The van der Waals surface area contributed by atoms with Crippen LogP contribution in [0.5, 0.6) is 0 Å². The molecule has 1 aliphatic rings. The van der Waals surface area contributed by atoms with E-state index in [1.54, 1.807) is 13.0 Å². The first-order chi connectivity index (χ1) is 11.0. The number of unbranched alkanes of at least 4 members (excludes halogenated alkanes) is 1. The molecule has 1 saturated carbocycles. The van der Waals surface area contributed by atoms with Gasteiger partial charge in [0.15, 0.2) is 0 Å². The van der Waals surface area contributed by atoms with E-state index in [1.807, 2.05) is 6.08 Å². The minimum absolute atomic E-state index is 0. The molecular weight excluding hydrogens is 401 g/mol. The van der Waals surface area contributed by atoms with Crippen molar-refractivity contribution in [3.8, 4) is 0 Å². The van der Waals surface area contributed by atoms with E-state index in [2.05, 4.69) is 19.1 Å². The van der Waals surface area contributed by atoms with Crippen LogP contribution in [0.25, 0.3) is 0 Å². The van der Waals surface area contributed by atoms with Gasteiger partial charge in [-0.05, 0) is 44.9 Å². The molecule has 6 atom stereocenters. The molecule has 1 aliphatic carbocycles. The normalized spacial score (nSPS) is 29.9. The predicted molar refractivity (Wildman–Crippen MR) is 96.3 cm³/mol. The molecule has 24 heavy (non-hydrogen) atoms. The summed E-state index contributed by atoms with van der Waals surface area (Å²) in [7, 11) is 0. The SMILES string of the molecule is [CH2-]CCC=CCC1C(Cl)CC(O)C1C=CC(O)CCCC(C)O.[Y]. The van der Waals surface area contributed by atoms with Crippen LogP contribution >= 0.6 is 11.6 Å². The Morgan fingerprint density at radius 1 is 1.25 bits per heavy atom. The number of alkyl halides is 1. The van der Waals surface area contributed by atoms with Gasteiger partial charge in [-0.15, -0.1) is 11.6 Å². The first-order valence-electron chi connectivity index (χ1n) is 8.76. The zero-order valence-corrected chi connectivity index (χ0v) is 18.3. The first kappa shape index (κ1) is 24.8. The molecule has 1 rings (SSSR count). The number of halogens is 1. The van der Waals surface area contributed by atoms with Crippen molar-refractivity contribution in [1.82, 2.24) is 0 Å². The summed E-state index contributed by atoms with van der Waals surface area (Å²) in [6.07, 6.45) is 12.1. The Hall–Kier alpha value is 0.754. The molecule has 0 heterocycles. The molecule has 0 aromatic heterocycles. The molecule has 0 aromatic rings. The molecule has 6 unspecified atom stereocenters. The Morgan fingerprint density at radius 2 is 1.96 bits per heavy atom. The number of rotatable bonds is 10. The van der Waals surface area contributed by atoms with Crippen LogP contribution in [-0.4, -0.2) is 39.0 Å². The number of hydrogen-bond acceptors (Lipinski definition) is 3. The van der Waals surface area contributed by atoms with Crippen LogP contribution in [0.15, 0.2) is 24.3 Å². The van der Waals surface area contributed by atoms with E-state index in [1.165, 1.54) is 0 Å². The van der Waals surface area contributed by atoms with E-state index < -0.39 is 12.2 Å². The van der Waals surface area contributed by atoms with Gasteiger partial charge in [-0.3, -0.25) is 0 Å². The van der Waals surface area contributed by atoms with Crippen molar-refractivity contribution < 1.29 is 48.0 Å². The Bertz CT molecular complexity index is 374. The van der Waals surface area contributed by atoms with E-state index in [0.29, 0.717) is 19.3 Å². The van der Waals surface area contributed by atoms with Crippen LogP contribution in [0.2, 0.25) is 0 Å². The van der Waals surface area contributed by atoms with E-state index in [-0.39, 0.29) is 56.0 Å². The second-order valence-corrected chi connectivity index (χ2v) is 7.20.